The number of carbonyl (C=O) groups excluding carboxylic acids is 4. The maximum atomic E-state index is 12.0. The van der Waals surface area contributed by atoms with E-state index in [1.54, 1.807) is 9.80 Å². The summed E-state index contributed by atoms with van der Waals surface area (Å²) in [7, 11) is 0. The van der Waals surface area contributed by atoms with Gasteiger partial charge < -0.3 is 40.0 Å². The van der Waals surface area contributed by atoms with E-state index in [-0.39, 0.29) is 39.0 Å². The number of rotatable bonds is 3. The van der Waals surface area contributed by atoms with Crippen molar-refractivity contribution in [3.05, 3.63) is 35.9 Å². The number of hydrogen-bond donors (Lipinski definition) is 2. The van der Waals surface area contributed by atoms with E-state index in [9.17, 15) is 19.2 Å². The first-order valence-electron chi connectivity index (χ1n) is 16.2. The fraction of sp³-hybridized carbons (Fsp3) is 0.706. The third kappa shape index (κ3) is 17.4. The lowest BCUT2D eigenvalue weighted by molar-refractivity contribution is -0.117. The van der Waals surface area contributed by atoms with Crippen molar-refractivity contribution in [2.24, 2.45) is 5.73 Å². The Kier molecular flexibility index (Phi) is 16.2. The number of ether oxygens (including phenoxy) is 3. The SMILES string of the molecule is CC(C)(C)OC(=O)N1CCC(=O)C1.CC(C)(C)OC(=O)N1CCC(N)C1.CC(C)(C)OC(=O)N1CCC(NCc2ccccc2)C1.[B]. The van der Waals surface area contributed by atoms with Crippen LogP contribution in [0.4, 0.5) is 14.4 Å². The normalized spacial score (nSPS) is 19.5. The standard InChI is InChI=1S/C16H24N2O2.C9H18N2O2.C9H15NO3.B/c1-16(2,3)20-15(19)18-10-9-14(12-18)17-11-13-7-5-4-6-8-13;1-9(2,3)13-8(12)11-5-4-7(10)6-11;1-9(2,3)13-8(12)10-5-4-7(11)6-10;/h4-8,14,17H,9-12H2,1-3H3;7H,4-6,10H2,1-3H3;4-6H2,1-3H3;. The first-order valence-corrected chi connectivity index (χ1v) is 16.2. The van der Waals surface area contributed by atoms with Crippen LogP contribution >= 0.6 is 0 Å². The molecule has 1 aromatic rings. The van der Waals surface area contributed by atoms with Crippen molar-refractivity contribution in [1.82, 2.24) is 20.0 Å². The second kappa shape index (κ2) is 18.3. The van der Waals surface area contributed by atoms with E-state index in [1.807, 2.05) is 80.5 Å². The first kappa shape index (κ1) is 41.7. The molecular weight excluding hydrogens is 601 g/mol. The zero-order valence-electron chi connectivity index (χ0n) is 30.0. The molecule has 263 valence electrons. The highest BCUT2D eigenvalue weighted by Crippen LogP contribution is 2.17. The van der Waals surface area contributed by atoms with Crippen LogP contribution in [0, 0.1) is 0 Å². The maximum absolute atomic E-state index is 12.0. The van der Waals surface area contributed by atoms with Crippen LogP contribution in [0.5, 0.6) is 0 Å². The molecule has 1 aromatic carbocycles. The monoisotopic (exact) mass is 658 g/mol. The van der Waals surface area contributed by atoms with Gasteiger partial charge in [0.2, 0.25) is 0 Å². The molecule has 3 radical (unpaired) electrons. The minimum absolute atomic E-state index is 0. The number of likely N-dealkylation sites (tertiary alicyclic amines) is 3. The first-order chi connectivity index (χ1) is 21.2. The Hall–Kier alpha value is -3.32. The van der Waals surface area contributed by atoms with Crippen LogP contribution < -0.4 is 11.1 Å². The van der Waals surface area contributed by atoms with E-state index in [1.165, 1.54) is 10.5 Å². The van der Waals surface area contributed by atoms with Crippen LogP contribution in [-0.2, 0) is 25.5 Å². The van der Waals surface area contributed by atoms with Gasteiger partial charge in [0.1, 0.15) is 16.8 Å². The molecular formula is C34H57BN5O7. The summed E-state index contributed by atoms with van der Waals surface area (Å²) in [6, 6.07) is 10.8. The minimum Gasteiger partial charge on any atom is -0.444 e. The molecule has 3 saturated heterocycles. The summed E-state index contributed by atoms with van der Waals surface area (Å²) in [6.07, 6.45) is 1.46. The van der Waals surface area contributed by atoms with Gasteiger partial charge in [0.15, 0.2) is 5.78 Å². The molecule has 13 heteroatoms. The van der Waals surface area contributed by atoms with E-state index in [2.05, 4.69) is 17.4 Å². The summed E-state index contributed by atoms with van der Waals surface area (Å²) in [5.41, 5.74) is 5.62. The zero-order chi connectivity index (χ0) is 34.7. The number of ketones is 1. The number of amides is 3. The summed E-state index contributed by atoms with van der Waals surface area (Å²) in [5, 5.41) is 3.50. The van der Waals surface area contributed by atoms with Crippen LogP contribution in [0.1, 0.15) is 87.1 Å². The Balaban J connectivity index is 0.000000362. The Bertz CT molecular complexity index is 1150. The second-order valence-electron chi connectivity index (χ2n) is 14.9. The van der Waals surface area contributed by atoms with E-state index >= 15 is 0 Å². The summed E-state index contributed by atoms with van der Waals surface area (Å²) in [6.45, 7) is 21.1. The predicted molar refractivity (Wildman–Crippen MR) is 183 cm³/mol. The van der Waals surface area contributed by atoms with E-state index < -0.39 is 22.9 Å². The van der Waals surface area contributed by atoms with Gasteiger partial charge >= 0.3 is 18.3 Å². The van der Waals surface area contributed by atoms with Gasteiger partial charge in [0.05, 0.1) is 6.54 Å². The van der Waals surface area contributed by atoms with Crippen molar-refractivity contribution in [3.8, 4) is 0 Å². The fourth-order valence-electron chi connectivity index (χ4n) is 4.67. The van der Waals surface area contributed by atoms with Crippen molar-refractivity contribution in [3.63, 3.8) is 0 Å². The molecule has 3 heterocycles. The third-order valence-electron chi connectivity index (χ3n) is 6.83. The Morgan fingerprint density at radius 3 is 1.64 bits per heavy atom. The maximum Gasteiger partial charge on any atom is 0.410 e. The van der Waals surface area contributed by atoms with Gasteiger partial charge in [-0.3, -0.25) is 4.79 Å². The van der Waals surface area contributed by atoms with Gasteiger partial charge in [-0.25, -0.2) is 14.4 Å². The average molecular weight is 659 g/mol. The van der Waals surface area contributed by atoms with Crippen LogP contribution in [0.3, 0.4) is 0 Å². The van der Waals surface area contributed by atoms with Gasteiger partial charge in [-0.15, -0.1) is 0 Å². The number of nitrogens with zero attached hydrogens (tertiary/aromatic N) is 3. The molecule has 2 atom stereocenters. The topological polar surface area (TPSA) is 144 Å². The molecule has 0 aromatic heterocycles. The number of nitrogens with two attached hydrogens (primary N) is 1. The lowest BCUT2D eigenvalue weighted by Crippen LogP contribution is -2.38. The van der Waals surface area contributed by atoms with Crippen LogP contribution in [0.15, 0.2) is 30.3 Å². The van der Waals surface area contributed by atoms with Crippen molar-refractivity contribution < 1.29 is 33.4 Å². The minimum atomic E-state index is -0.483. The number of nitrogens with one attached hydrogen (secondary N) is 1. The second-order valence-corrected chi connectivity index (χ2v) is 14.9. The highest BCUT2D eigenvalue weighted by molar-refractivity contribution is 5.87. The summed E-state index contributed by atoms with van der Waals surface area (Å²) >= 11 is 0. The zero-order valence-corrected chi connectivity index (χ0v) is 30.0. The third-order valence-corrected chi connectivity index (χ3v) is 6.83. The summed E-state index contributed by atoms with van der Waals surface area (Å²) in [4.78, 5) is 50.5. The Morgan fingerprint density at radius 2 is 1.21 bits per heavy atom. The molecule has 4 rings (SSSR count). The molecule has 0 saturated carbocycles. The van der Waals surface area contributed by atoms with Crippen molar-refractivity contribution >= 4 is 32.5 Å². The van der Waals surface area contributed by atoms with Crippen LogP contribution in [-0.4, -0.2) is 115 Å². The smallest absolute Gasteiger partial charge is 0.410 e. The van der Waals surface area contributed by atoms with Crippen molar-refractivity contribution in [2.75, 3.05) is 39.3 Å². The summed E-state index contributed by atoms with van der Waals surface area (Å²) in [5.74, 6) is 0.103. The molecule has 0 bridgehead atoms. The van der Waals surface area contributed by atoms with E-state index in [0.29, 0.717) is 25.6 Å². The molecule has 12 nitrogen and oxygen atoms in total. The van der Waals surface area contributed by atoms with Crippen LogP contribution in [0.25, 0.3) is 0 Å². The van der Waals surface area contributed by atoms with Crippen LogP contribution in [0.2, 0.25) is 0 Å². The number of Topliss-reactive ketones (excluding diaryl/α,β-unsaturated/α-hetero) is 1. The Labute approximate surface area is 283 Å². The van der Waals surface area contributed by atoms with E-state index in [4.69, 9.17) is 19.9 Å². The molecule has 3 aliphatic heterocycles. The van der Waals surface area contributed by atoms with Gasteiger partial charge in [0, 0.05) is 66.2 Å². The molecule has 3 amide bonds. The van der Waals surface area contributed by atoms with E-state index in [0.717, 1.165) is 39.0 Å². The number of carbonyl (C=O) groups is 4. The molecule has 3 aliphatic rings. The molecule has 2 unspecified atom stereocenters. The molecule has 0 aliphatic carbocycles. The highest BCUT2D eigenvalue weighted by atomic mass is 16.6. The highest BCUT2D eigenvalue weighted by Gasteiger charge is 2.30. The number of hydrogen-bond acceptors (Lipinski definition) is 9. The molecule has 47 heavy (non-hydrogen) atoms. The van der Waals surface area contributed by atoms with Crippen molar-refractivity contribution in [1.29, 1.82) is 0 Å². The fourth-order valence-corrected chi connectivity index (χ4v) is 4.67. The quantitative estimate of drug-likeness (QED) is 0.353. The molecule has 3 fully saturated rings. The van der Waals surface area contributed by atoms with Gasteiger partial charge in [0.25, 0.3) is 0 Å². The average Bonchev–Trinajstić information content (AvgIpc) is 3.67. The van der Waals surface area contributed by atoms with Crippen molar-refractivity contribution in [2.45, 2.75) is 117 Å². The molecule has 0 spiro atoms. The van der Waals surface area contributed by atoms with Gasteiger partial charge in [-0.2, -0.15) is 0 Å². The summed E-state index contributed by atoms with van der Waals surface area (Å²) < 4.78 is 15.7. The molecule has 3 N–H and O–H groups in total. The number of benzene rings is 1. The largest absolute Gasteiger partial charge is 0.444 e. The van der Waals surface area contributed by atoms with Gasteiger partial charge in [-0.05, 0) is 80.7 Å². The lowest BCUT2D eigenvalue weighted by Gasteiger charge is -2.24. The predicted octanol–water partition coefficient (Wildman–Crippen LogP) is 4.56. The lowest BCUT2D eigenvalue weighted by atomic mass is 10.2. The van der Waals surface area contributed by atoms with Gasteiger partial charge in [-0.1, -0.05) is 30.3 Å². The Morgan fingerprint density at radius 1 is 0.745 bits per heavy atom.